The summed E-state index contributed by atoms with van der Waals surface area (Å²) in [6.45, 7) is 3.07. The monoisotopic (exact) mass is 414 g/mol. The zero-order valence-electron chi connectivity index (χ0n) is 14.0. The normalized spacial score (nSPS) is 15.1. The second-order valence-corrected chi connectivity index (χ2v) is 9.07. The molecular formula is C15H14N2O8S2. The average molecular weight is 414 g/mol. The summed E-state index contributed by atoms with van der Waals surface area (Å²) in [7, 11) is -9.64. The van der Waals surface area contributed by atoms with Crippen LogP contribution >= 0.6 is 0 Å². The molecule has 1 aliphatic heterocycles. The van der Waals surface area contributed by atoms with Crippen LogP contribution in [0.2, 0.25) is 0 Å². The van der Waals surface area contributed by atoms with Crippen LogP contribution in [0, 0.1) is 0 Å². The van der Waals surface area contributed by atoms with E-state index in [0.717, 1.165) is 23.1 Å². The van der Waals surface area contributed by atoms with E-state index in [1.807, 2.05) is 0 Å². The Morgan fingerprint density at radius 3 is 1.89 bits per heavy atom. The lowest BCUT2D eigenvalue weighted by atomic mass is 9.92. The Bertz CT molecular complexity index is 1220. The molecule has 0 radical (unpaired) electrons. The smallest absolute Gasteiger partial charge is 0.296 e. The fraction of sp³-hybridized carbons (Fsp3) is 0.200. The topological polar surface area (TPSA) is 172 Å². The van der Waals surface area contributed by atoms with Crippen molar-refractivity contribution in [1.82, 2.24) is 4.90 Å². The first-order valence-electron chi connectivity index (χ1n) is 7.48. The van der Waals surface area contributed by atoms with Crippen LogP contribution in [0.15, 0.2) is 28.0 Å². The van der Waals surface area contributed by atoms with Crippen molar-refractivity contribution in [2.24, 2.45) is 0 Å². The van der Waals surface area contributed by atoms with Gasteiger partial charge in [0.15, 0.2) is 0 Å². The van der Waals surface area contributed by atoms with Crippen molar-refractivity contribution in [3.63, 3.8) is 0 Å². The maximum absolute atomic E-state index is 12.7. The largest absolute Gasteiger partial charge is 0.397 e. The highest BCUT2D eigenvalue weighted by molar-refractivity contribution is 7.86. The minimum absolute atomic E-state index is 0.0563. The molecule has 0 saturated heterocycles. The first kappa shape index (κ1) is 19.2. The summed E-state index contributed by atoms with van der Waals surface area (Å²) >= 11 is 0. The van der Waals surface area contributed by atoms with Gasteiger partial charge in [-0.3, -0.25) is 23.6 Å². The SMILES string of the molecule is CC(C)N1C(=O)c2cc(S(=O)(=O)O)cc3c(N)c(S(=O)(=O)O)cc(c23)C1=O. The number of anilines is 1. The standard InChI is InChI=1S/C15H14N2O8S2/c1-6(2)17-14(18)9-4-7(26(20,21)22)3-8-12(9)10(15(17)19)5-11(13(8)16)27(23,24)25/h3-6H,16H2,1-2H3,(H,20,21,22)(H,23,24,25). The summed E-state index contributed by atoms with van der Waals surface area (Å²) in [4.78, 5) is 24.8. The third-order valence-electron chi connectivity index (χ3n) is 4.20. The van der Waals surface area contributed by atoms with E-state index >= 15 is 0 Å². The molecule has 1 aliphatic rings. The van der Waals surface area contributed by atoms with Crippen LogP contribution in [0.3, 0.4) is 0 Å². The number of nitrogen functional groups attached to an aromatic ring is 1. The van der Waals surface area contributed by atoms with E-state index in [1.54, 1.807) is 0 Å². The van der Waals surface area contributed by atoms with E-state index in [9.17, 15) is 35.5 Å². The molecule has 0 unspecified atom stereocenters. The van der Waals surface area contributed by atoms with Crippen LogP contribution in [0.1, 0.15) is 34.6 Å². The second kappa shape index (κ2) is 5.73. The van der Waals surface area contributed by atoms with Gasteiger partial charge in [-0.25, -0.2) is 0 Å². The van der Waals surface area contributed by atoms with Gasteiger partial charge < -0.3 is 5.73 Å². The summed E-state index contributed by atoms with van der Waals surface area (Å²) in [5.41, 5.74) is 4.74. The van der Waals surface area contributed by atoms with E-state index in [0.29, 0.717) is 0 Å². The Morgan fingerprint density at radius 1 is 0.926 bits per heavy atom. The number of rotatable bonds is 3. The molecule has 144 valence electrons. The second-order valence-electron chi connectivity index (χ2n) is 6.25. The van der Waals surface area contributed by atoms with Crippen molar-refractivity contribution in [3.05, 3.63) is 29.3 Å². The number of carbonyl (C=O) groups excluding carboxylic acids is 2. The van der Waals surface area contributed by atoms with Gasteiger partial charge >= 0.3 is 0 Å². The zero-order chi connectivity index (χ0) is 20.5. The molecule has 1 heterocycles. The van der Waals surface area contributed by atoms with Crippen LogP contribution in [0.4, 0.5) is 5.69 Å². The fourth-order valence-corrected chi connectivity index (χ4v) is 4.24. The van der Waals surface area contributed by atoms with Crippen LogP contribution in [0.5, 0.6) is 0 Å². The number of amides is 2. The number of nitrogens with two attached hydrogens (primary N) is 1. The maximum atomic E-state index is 12.7. The van der Waals surface area contributed by atoms with Crippen molar-refractivity contribution < 1.29 is 35.5 Å². The van der Waals surface area contributed by atoms with E-state index < -0.39 is 53.6 Å². The Kier molecular flexibility index (Phi) is 4.08. The van der Waals surface area contributed by atoms with Crippen molar-refractivity contribution in [1.29, 1.82) is 0 Å². The number of benzene rings is 2. The van der Waals surface area contributed by atoms with Crippen LogP contribution in [-0.4, -0.2) is 48.7 Å². The van der Waals surface area contributed by atoms with Gasteiger partial charge in [-0.2, -0.15) is 16.8 Å². The summed E-state index contributed by atoms with van der Waals surface area (Å²) in [6.07, 6.45) is 0. The molecule has 10 nitrogen and oxygen atoms in total. The lowest BCUT2D eigenvalue weighted by Crippen LogP contribution is -2.44. The highest BCUT2D eigenvalue weighted by Gasteiger charge is 2.37. The molecule has 27 heavy (non-hydrogen) atoms. The minimum Gasteiger partial charge on any atom is -0.397 e. The van der Waals surface area contributed by atoms with Gasteiger partial charge in [0.05, 0.1) is 21.7 Å². The maximum Gasteiger partial charge on any atom is 0.296 e. The molecule has 0 atom stereocenters. The summed E-state index contributed by atoms with van der Waals surface area (Å²) in [5.74, 6) is -1.64. The van der Waals surface area contributed by atoms with Gasteiger partial charge in [0.25, 0.3) is 32.1 Å². The fourth-order valence-electron chi connectivity index (χ4n) is 3.05. The third-order valence-corrected chi connectivity index (χ3v) is 5.93. The molecule has 12 heteroatoms. The first-order valence-corrected chi connectivity index (χ1v) is 10.4. The molecule has 2 amide bonds. The molecule has 0 fully saturated rings. The van der Waals surface area contributed by atoms with E-state index in [-0.39, 0.29) is 21.9 Å². The van der Waals surface area contributed by atoms with Gasteiger partial charge in [0.1, 0.15) is 4.90 Å². The van der Waals surface area contributed by atoms with Crippen molar-refractivity contribution in [2.75, 3.05) is 5.73 Å². The van der Waals surface area contributed by atoms with Gasteiger partial charge in [-0.15, -0.1) is 0 Å². The average Bonchev–Trinajstić information content (AvgIpc) is 2.51. The van der Waals surface area contributed by atoms with Gasteiger partial charge in [0, 0.05) is 16.8 Å². The molecule has 3 rings (SSSR count). The molecule has 0 saturated carbocycles. The number of nitrogens with zero attached hydrogens (tertiary/aromatic N) is 1. The Balaban J connectivity index is 2.61. The van der Waals surface area contributed by atoms with Crippen LogP contribution in [0.25, 0.3) is 10.8 Å². The van der Waals surface area contributed by atoms with Crippen molar-refractivity contribution in [3.8, 4) is 0 Å². The van der Waals surface area contributed by atoms with E-state index in [2.05, 4.69) is 0 Å². The predicted molar refractivity (Wildman–Crippen MR) is 93.6 cm³/mol. The van der Waals surface area contributed by atoms with Gasteiger partial charge in [-0.1, -0.05) is 0 Å². The highest BCUT2D eigenvalue weighted by atomic mass is 32.2. The molecule has 2 aromatic carbocycles. The van der Waals surface area contributed by atoms with Crippen LogP contribution in [-0.2, 0) is 20.2 Å². The summed E-state index contributed by atoms with van der Waals surface area (Å²) in [5, 5.41) is -0.324. The van der Waals surface area contributed by atoms with Gasteiger partial charge in [0.2, 0.25) is 0 Å². The molecule has 4 N–H and O–H groups in total. The lowest BCUT2D eigenvalue weighted by molar-refractivity contribution is 0.0563. The molecule has 0 bridgehead atoms. The summed E-state index contributed by atoms with van der Waals surface area (Å²) in [6, 6.07) is 1.94. The zero-order valence-corrected chi connectivity index (χ0v) is 15.6. The van der Waals surface area contributed by atoms with Crippen molar-refractivity contribution >= 4 is 48.5 Å². The van der Waals surface area contributed by atoms with E-state index in [1.165, 1.54) is 13.8 Å². The molecule has 2 aromatic rings. The third kappa shape index (κ3) is 2.86. The molecule has 0 aromatic heterocycles. The number of imide groups is 1. The van der Waals surface area contributed by atoms with E-state index in [4.69, 9.17) is 5.73 Å². The number of carbonyl (C=O) groups is 2. The molecule has 0 aliphatic carbocycles. The Hall–Kier alpha value is -2.54. The van der Waals surface area contributed by atoms with Crippen molar-refractivity contribution in [2.45, 2.75) is 29.7 Å². The quantitative estimate of drug-likeness (QED) is 0.375. The van der Waals surface area contributed by atoms with Crippen LogP contribution < -0.4 is 5.73 Å². The summed E-state index contributed by atoms with van der Waals surface area (Å²) < 4.78 is 65.2. The Morgan fingerprint density at radius 2 is 1.44 bits per heavy atom. The first-order chi connectivity index (χ1) is 12.2. The predicted octanol–water partition coefficient (Wildman–Crippen LogP) is 0.920. The number of hydrogen-bond donors (Lipinski definition) is 3. The van der Waals surface area contributed by atoms with Gasteiger partial charge in [-0.05, 0) is 32.0 Å². The number of hydrogen-bond acceptors (Lipinski definition) is 7. The minimum atomic E-state index is -4.86. The Labute approximate surface area is 154 Å². The molecule has 0 spiro atoms. The lowest BCUT2D eigenvalue weighted by Gasteiger charge is -2.31. The highest BCUT2D eigenvalue weighted by Crippen LogP contribution is 2.39. The molecular weight excluding hydrogens is 400 g/mol.